The van der Waals surface area contributed by atoms with Crippen LogP contribution in [0.15, 0.2) is 134 Å². The van der Waals surface area contributed by atoms with Gasteiger partial charge in [-0.3, -0.25) is 24.7 Å². The number of amides is 1. The summed E-state index contributed by atoms with van der Waals surface area (Å²) in [6.07, 6.45) is 9.58. The van der Waals surface area contributed by atoms with Crippen LogP contribution in [-0.2, 0) is 43.5 Å². The zero-order chi connectivity index (χ0) is 49.3. The van der Waals surface area contributed by atoms with Gasteiger partial charge < -0.3 is 25.8 Å². The molecule has 4 aromatic carbocycles. The highest BCUT2D eigenvalue weighted by molar-refractivity contribution is 6.36. The molecular weight excluding hydrogens is 942 g/mol. The van der Waals surface area contributed by atoms with E-state index in [2.05, 4.69) is 85.5 Å². The first-order valence-corrected chi connectivity index (χ1v) is 23.3. The first-order chi connectivity index (χ1) is 33.9. The number of halogens is 4. The molecule has 0 saturated heterocycles. The molecule has 362 valence electrons. The number of carbonyl (C=O) groups is 2. The molecule has 0 atom stereocenters. The number of aromatic nitrogens is 6. The summed E-state index contributed by atoms with van der Waals surface area (Å²) in [5.74, 6) is -1.34. The molecule has 15 heteroatoms. The molecule has 0 bridgehead atoms. The lowest BCUT2D eigenvalue weighted by molar-refractivity contribution is 0.0600. The second-order valence-corrected chi connectivity index (χ2v) is 17.2. The maximum absolute atomic E-state index is 14.4. The van der Waals surface area contributed by atoms with Gasteiger partial charge in [0.15, 0.2) is 0 Å². The van der Waals surface area contributed by atoms with Gasteiger partial charge in [0.05, 0.1) is 33.8 Å². The molecule has 0 spiro atoms. The Morgan fingerprint density at radius 1 is 0.634 bits per heavy atom. The Morgan fingerprint density at radius 3 is 1.63 bits per heavy atom. The molecule has 0 radical (unpaired) electrons. The van der Waals surface area contributed by atoms with Crippen molar-refractivity contribution in [2.24, 2.45) is 5.73 Å². The highest BCUT2D eigenvalue weighted by Crippen LogP contribution is 2.27. The topological polar surface area (TPSA) is 165 Å². The quantitative estimate of drug-likeness (QED) is 0.0930. The molecule has 71 heavy (non-hydrogen) atoms. The van der Waals surface area contributed by atoms with Gasteiger partial charge in [-0.15, -0.1) is 0 Å². The molecule has 0 fully saturated rings. The molecule has 5 N–H and O–H groups in total. The van der Waals surface area contributed by atoms with E-state index in [9.17, 15) is 18.4 Å². The first-order valence-electron chi connectivity index (χ1n) is 22.5. The summed E-state index contributed by atoms with van der Waals surface area (Å²) < 4.78 is 32.3. The fourth-order valence-corrected chi connectivity index (χ4v) is 8.30. The van der Waals surface area contributed by atoms with Crippen molar-refractivity contribution in [2.45, 2.75) is 60.0 Å². The number of methoxy groups -OCH3 is 1. The van der Waals surface area contributed by atoms with Crippen molar-refractivity contribution in [1.82, 2.24) is 35.2 Å². The van der Waals surface area contributed by atoms with Crippen molar-refractivity contribution >= 4 is 78.7 Å². The summed E-state index contributed by atoms with van der Waals surface area (Å²) in [5.41, 5.74) is 16.5. The SMILES string of the molecule is C.CCc1ccc2cc(Cc3cc(C(=O)NCc4cc5c(Cl)c[nH]c5cc4F)ccn3)ccc2n1.CCc1ccc2cc(Cc3cc(C(=O)OC)ccn3)ccc2n1.NCc1cc2c(Cl)c[nH]c2cc1F. The number of nitrogens with two attached hydrogens (primary N) is 1. The van der Waals surface area contributed by atoms with Crippen LogP contribution in [0.2, 0.25) is 10.0 Å². The Labute approximate surface area is 419 Å². The normalized spacial score (nSPS) is 10.9. The minimum absolute atomic E-state index is 0. The molecule has 10 rings (SSSR count). The van der Waals surface area contributed by atoms with E-state index in [1.807, 2.05) is 24.3 Å². The van der Waals surface area contributed by atoms with Crippen LogP contribution in [0, 0.1) is 11.6 Å². The van der Waals surface area contributed by atoms with Crippen molar-refractivity contribution < 1.29 is 23.1 Å². The largest absolute Gasteiger partial charge is 0.465 e. The number of carbonyl (C=O) groups excluding carboxylic acids is 2. The number of rotatable bonds is 11. The Morgan fingerprint density at radius 2 is 1.13 bits per heavy atom. The van der Waals surface area contributed by atoms with Crippen LogP contribution in [0.3, 0.4) is 0 Å². The second kappa shape index (κ2) is 23.4. The summed E-state index contributed by atoms with van der Waals surface area (Å²) >= 11 is 12.0. The van der Waals surface area contributed by atoms with Crippen LogP contribution in [-0.4, -0.2) is 48.9 Å². The van der Waals surface area contributed by atoms with Crippen molar-refractivity contribution in [1.29, 1.82) is 0 Å². The lowest BCUT2D eigenvalue weighted by Crippen LogP contribution is -2.23. The van der Waals surface area contributed by atoms with Gasteiger partial charge in [-0.2, -0.15) is 0 Å². The average Bonchev–Trinajstić information content (AvgIpc) is 3.93. The maximum atomic E-state index is 14.4. The maximum Gasteiger partial charge on any atom is 0.337 e. The Kier molecular flexibility index (Phi) is 16.9. The number of aromatic amines is 2. The monoisotopic (exact) mass is 992 g/mol. The fraction of sp³-hybridized carbons (Fsp3) is 0.179. The van der Waals surface area contributed by atoms with Crippen LogP contribution >= 0.6 is 23.2 Å². The number of aryl methyl sites for hydroxylation is 2. The second-order valence-electron chi connectivity index (χ2n) is 16.4. The van der Waals surface area contributed by atoms with Crippen molar-refractivity contribution in [3.63, 3.8) is 0 Å². The van der Waals surface area contributed by atoms with Gasteiger partial charge in [0.1, 0.15) is 11.6 Å². The molecule has 0 aliphatic heterocycles. The van der Waals surface area contributed by atoms with E-state index < -0.39 is 5.82 Å². The van der Waals surface area contributed by atoms with Gasteiger partial charge in [0, 0.05) is 123 Å². The van der Waals surface area contributed by atoms with E-state index in [0.717, 1.165) is 79.3 Å². The fourth-order valence-electron chi connectivity index (χ4n) is 7.88. The summed E-state index contributed by atoms with van der Waals surface area (Å²) in [6, 6.07) is 33.6. The minimum Gasteiger partial charge on any atom is -0.465 e. The summed E-state index contributed by atoms with van der Waals surface area (Å²) in [5, 5.41) is 7.60. The van der Waals surface area contributed by atoms with Crippen LogP contribution in [0.4, 0.5) is 8.78 Å². The first kappa shape index (κ1) is 51.3. The number of hydrogen-bond donors (Lipinski definition) is 4. The molecule has 0 aliphatic rings. The minimum atomic E-state index is -0.404. The van der Waals surface area contributed by atoms with E-state index in [4.69, 9.17) is 33.7 Å². The Bertz CT molecular complexity index is 3520. The molecule has 6 aromatic heterocycles. The van der Waals surface area contributed by atoms with Gasteiger partial charge in [-0.25, -0.2) is 13.6 Å². The molecule has 6 heterocycles. The molecule has 0 unspecified atom stereocenters. The molecule has 11 nitrogen and oxygen atoms in total. The van der Waals surface area contributed by atoms with Gasteiger partial charge in [0.2, 0.25) is 0 Å². The standard InChI is InChI=1S/C27H22ClFN4O.C19H18N2O2.C9H8ClFN2.CH4/c1-2-20-5-4-17-9-16(3-6-25(17)33-20)10-21-11-18(7-8-30-21)27(34)32-14-19-12-22-23(28)15-31-26(22)13-24(19)29;1-3-16-6-5-14-10-13(4-7-18(14)21-16)11-17-12-15(8-9-20-17)19(22)23-2;10-7-4-13-9-2-8(11)5(3-12)1-6(7)9;/h3-9,11-13,15,31H,2,10,14H2,1H3,(H,32,34);4-10,12H,3,11H2,1-2H3;1-2,4,13H,3,12H2;1H4. The molecule has 10 aromatic rings. The van der Waals surface area contributed by atoms with Crippen LogP contribution in [0.25, 0.3) is 43.6 Å². The smallest absolute Gasteiger partial charge is 0.337 e. The number of hydrogen-bond acceptors (Lipinski definition) is 8. The van der Waals surface area contributed by atoms with Gasteiger partial charge in [-0.05, 0) is 109 Å². The van der Waals surface area contributed by atoms with Crippen LogP contribution < -0.4 is 11.1 Å². The molecule has 1 amide bonds. The van der Waals surface area contributed by atoms with E-state index >= 15 is 0 Å². The average molecular weight is 994 g/mol. The number of pyridine rings is 4. The number of nitrogens with zero attached hydrogens (tertiary/aromatic N) is 4. The predicted molar refractivity (Wildman–Crippen MR) is 280 cm³/mol. The zero-order valence-electron chi connectivity index (χ0n) is 38.5. The number of ether oxygens (including phenoxy) is 1. The lowest BCUT2D eigenvalue weighted by atomic mass is 10.0. The third-order valence-electron chi connectivity index (χ3n) is 11.7. The van der Waals surface area contributed by atoms with Crippen molar-refractivity contribution in [2.75, 3.05) is 7.11 Å². The molecule has 0 aliphatic carbocycles. The summed E-state index contributed by atoms with van der Waals surface area (Å²) in [4.78, 5) is 48.1. The van der Waals surface area contributed by atoms with Crippen LogP contribution in [0.5, 0.6) is 0 Å². The molecular formula is C56H52Cl2F2N8O3. The lowest BCUT2D eigenvalue weighted by Gasteiger charge is -2.09. The van der Waals surface area contributed by atoms with Gasteiger partial charge in [0.25, 0.3) is 5.91 Å². The predicted octanol–water partition coefficient (Wildman–Crippen LogP) is 12.6. The zero-order valence-corrected chi connectivity index (χ0v) is 40.1. The third kappa shape index (κ3) is 12.4. The van der Waals surface area contributed by atoms with E-state index in [0.29, 0.717) is 56.2 Å². The van der Waals surface area contributed by atoms with E-state index in [1.54, 1.807) is 61.2 Å². The summed E-state index contributed by atoms with van der Waals surface area (Å²) in [6.45, 7) is 4.42. The number of benzene rings is 4. The Hall–Kier alpha value is -7.58. The number of fused-ring (bicyclic) bond motifs is 4. The number of esters is 1. The van der Waals surface area contributed by atoms with Gasteiger partial charge >= 0.3 is 5.97 Å². The van der Waals surface area contributed by atoms with E-state index in [-0.39, 0.29) is 38.2 Å². The number of nitrogens with one attached hydrogen (secondary N) is 3. The number of H-pyrrole nitrogens is 2. The van der Waals surface area contributed by atoms with E-state index in [1.165, 1.54) is 19.2 Å². The molecule has 0 saturated carbocycles. The van der Waals surface area contributed by atoms with Crippen molar-refractivity contribution in [3.8, 4) is 0 Å². The third-order valence-corrected chi connectivity index (χ3v) is 12.3. The highest BCUT2D eigenvalue weighted by Gasteiger charge is 2.13. The summed E-state index contributed by atoms with van der Waals surface area (Å²) in [7, 11) is 1.38. The van der Waals surface area contributed by atoms with Gasteiger partial charge in [-0.1, -0.05) is 68.7 Å². The van der Waals surface area contributed by atoms with Crippen molar-refractivity contribution in [3.05, 3.63) is 212 Å². The Balaban J connectivity index is 0.000000172. The highest BCUT2D eigenvalue weighted by atomic mass is 35.5. The van der Waals surface area contributed by atoms with Crippen LogP contribution in [0.1, 0.15) is 87.0 Å².